The van der Waals surface area contributed by atoms with Crippen molar-refractivity contribution in [2.75, 3.05) is 6.26 Å². The molecule has 0 aliphatic rings. The highest BCUT2D eigenvalue weighted by Gasteiger charge is 2.16. The van der Waals surface area contributed by atoms with Crippen molar-refractivity contribution in [3.8, 4) is 34.5 Å². The van der Waals surface area contributed by atoms with Crippen molar-refractivity contribution in [2.45, 2.75) is 5.03 Å². The fourth-order valence-electron chi connectivity index (χ4n) is 3.21. The molecule has 4 heterocycles. The molecule has 0 bridgehead atoms. The Morgan fingerprint density at radius 2 is 1.79 bits per heavy atom. The lowest BCUT2D eigenvalue weighted by Gasteiger charge is -2.10. The summed E-state index contributed by atoms with van der Waals surface area (Å²) in [6.07, 6.45) is 5.56. The van der Waals surface area contributed by atoms with Crippen LogP contribution in [0.1, 0.15) is 0 Å². The monoisotopic (exact) mass is 475 g/mol. The maximum atomic E-state index is 12.2. The number of hydrogen-bond donors (Lipinski definition) is 2. The molecule has 0 unspecified atom stereocenters. The molecule has 34 heavy (non-hydrogen) atoms. The number of nitrogens with zero attached hydrogens (tertiary/aromatic N) is 3. The fraction of sp³-hybridized carbons (Fsp3) is 0.0435. The summed E-state index contributed by atoms with van der Waals surface area (Å²) in [6.45, 7) is 0. The number of nitrogens with one attached hydrogen (secondary N) is 2. The summed E-state index contributed by atoms with van der Waals surface area (Å²) in [7, 11) is -3.43. The Kier molecular flexibility index (Phi) is 5.30. The lowest BCUT2D eigenvalue weighted by atomic mass is 10.2. The number of sulfone groups is 1. The Hall–Kier alpha value is -4.51. The van der Waals surface area contributed by atoms with Gasteiger partial charge in [-0.1, -0.05) is 6.07 Å². The van der Waals surface area contributed by atoms with E-state index in [-0.39, 0.29) is 16.5 Å². The van der Waals surface area contributed by atoms with E-state index in [4.69, 9.17) is 9.47 Å². The lowest BCUT2D eigenvalue weighted by molar-refractivity contribution is 0.458. The Bertz CT molecular complexity index is 1650. The SMILES string of the molecule is CS(=O)(=O)c1ccc(Oc2cc(Oc3ccc[nH]c3=O)c3nc(-c4ccccn4)[nH]c3c2)cn1. The van der Waals surface area contributed by atoms with Gasteiger partial charge in [0.2, 0.25) is 0 Å². The normalized spacial score (nSPS) is 11.4. The van der Waals surface area contributed by atoms with E-state index in [1.807, 2.05) is 12.1 Å². The van der Waals surface area contributed by atoms with Gasteiger partial charge >= 0.3 is 0 Å². The van der Waals surface area contributed by atoms with E-state index >= 15 is 0 Å². The van der Waals surface area contributed by atoms with Crippen LogP contribution in [0, 0.1) is 0 Å². The predicted octanol–water partition coefficient (Wildman–Crippen LogP) is 3.70. The van der Waals surface area contributed by atoms with Crippen molar-refractivity contribution in [1.29, 1.82) is 0 Å². The molecule has 4 aromatic heterocycles. The molecular weight excluding hydrogens is 458 g/mol. The van der Waals surface area contributed by atoms with Gasteiger partial charge in [-0.2, -0.15) is 0 Å². The summed E-state index contributed by atoms with van der Waals surface area (Å²) in [5, 5.41) is -0.0591. The van der Waals surface area contributed by atoms with E-state index in [9.17, 15) is 13.2 Å². The van der Waals surface area contributed by atoms with Crippen molar-refractivity contribution in [3.63, 3.8) is 0 Å². The molecule has 11 heteroatoms. The highest BCUT2D eigenvalue weighted by atomic mass is 32.2. The van der Waals surface area contributed by atoms with Crippen LogP contribution in [-0.4, -0.2) is 39.6 Å². The van der Waals surface area contributed by atoms with Gasteiger partial charge in [0.25, 0.3) is 5.56 Å². The highest BCUT2D eigenvalue weighted by Crippen LogP contribution is 2.35. The molecule has 0 radical (unpaired) electrons. The Labute approximate surface area is 193 Å². The first-order chi connectivity index (χ1) is 16.4. The number of pyridine rings is 3. The third-order valence-electron chi connectivity index (χ3n) is 4.76. The number of rotatable bonds is 6. The number of fused-ring (bicyclic) bond motifs is 1. The molecular formula is C23H17N5O5S. The third-order valence-corrected chi connectivity index (χ3v) is 5.76. The zero-order valence-electron chi connectivity index (χ0n) is 17.7. The Morgan fingerprint density at radius 3 is 2.50 bits per heavy atom. The number of aromatic nitrogens is 5. The van der Waals surface area contributed by atoms with E-state index in [1.54, 1.807) is 36.5 Å². The second kappa shape index (κ2) is 8.45. The Balaban J connectivity index is 1.58. The van der Waals surface area contributed by atoms with Crippen molar-refractivity contribution in [1.82, 2.24) is 24.9 Å². The van der Waals surface area contributed by atoms with Crippen LogP contribution in [0.5, 0.6) is 23.0 Å². The van der Waals surface area contributed by atoms with Gasteiger partial charge in [0.05, 0.1) is 11.7 Å². The Morgan fingerprint density at radius 1 is 0.912 bits per heavy atom. The van der Waals surface area contributed by atoms with Crippen LogP contribution in [0.4, 0.5) is 0 Å². The molecule has 0 amide bonds. The summed E-state index contributed by atoms with van der Waals surface area (Å²) >= 11 is 0. The second-order valence-corrected chi connectivity index (χ2v) is 9.25. The molecule has 10 nitrogen and oxygen atoms in total. The molecule has 0 aliphatic heterocycles. The van der Waals surface area contributed by atoms with Crippen molar-refractivity contribution in [3.05, 3.63) is 83.5 Å². The molecule has 5 aromatic rings. The number of ether oxygens (including phenoxy) is 2. The first-order valence-electron chi connectivity index (χ1n) is 10.0. The smallest absolute Gasteiger partial charge is 0.290 e. The number of benzene rings is 1. The summed E-state index contributed by atoms with van der Waals surface area (Å²) in [5.41, 5.74) is 1.29. The van der Waals surface area contributed by atoms with Gasteiger partial charge in [-0.05, 0) is 36.4 Å². The molecule has 0 fully saturated rings. The van der Waals surface area contributed by atoms with E-state index in [1.165, 1.54) is 24.5 Å². The molecule has 0 aliphatic carbocycles. The topological polar surface area (TPSA) is 140 Å². The molecule has 1 aromatic carbocycles. The minimum Gasteiger partial charge on any atom is -0.456 e. The molecule has 0 saturated carbocycles. The average Bonchev–Trinajstić information content (AvgIpc) is 3.25. The summed E-state index contributed by atoms with van der Waals surface area (Å²) in [5.74, 6) is 1.56. The quantitative estimate of drug-likeness (QED) is 0.379. The maximum absolute atomic E-state index is 12.2. The number of hydrogen-bond acceptors (Lipinski definition) is 8. The zero-order chi connectivity index (χ0) is 23.7. The van der Waals surface area contributed by atoms with Crippen molar-refractivity contribution >= 4 is 20.9 Å². The first-order valence-corrected chi connectivity index (χ1v) is 11.9. The van der Waals surface area contributed by atoms with Crippen LogP contribution in [0.15, 0.2) is 83.0 Å². The van der Waals surface area contributed by atoms with Gasteiger partial charge in [0.1, 0.15) is 22.7 Å². The van der Waals surface area contributed by atoms with E-state index in [2.05, 4.69) is 24.9 Å². The standard InChI is InChI=1S/C23H17N5O5S/c1-34(30,31)20-8-7-14(13-26-20)32-15-11-17-21(28-22(27-17)16-5-2-3-9-24-16)19(12-15)33-18-6-4-10-25-23(18)29/h2-13H,1H3,(H,25,29)(H,27,28). The summed E-state index contributed by atoms with van der Waals surface area (Å²) < 4.78 is 35.1. The van der Waals surface area contributed by atoms with Gasteiger partial charge in [-0.3, -0.25) is 9.78 Å². The second-order valence-electron chi connectivity index (χ2n) is 7.29. The number of imidazole rings is 1. The number of H-pyrrole nitrogens is 2. The lowest BCUT2D eigenvalue weighted by Crippen LogP contribution is -2.07. The minimum absolute atomic E-state index is 0.0591. The molecule has 2 N–H and O–H groups in total. The van der Waals surface area contributed by atoms with Crippen LogP contribution >= 0.6 is 0 Å². The predicted molar refractivity (Wildman–Crippen MR) is 124 cm³/mol. The van der Waals surface area contributed by atoms with Crippen molar-refractivity contribution in [2.24, 2.45) is 0 Å². The first kappa shape index (κ1) is 21.3. The van der Waals surface area contributed by atoms with Gasteiger partial charge < -0.3 is 19.4 Å². The minimum atomic E-state index is -3.43. The van der Waals surface area contributed by atoms with E-state index < -0.39 is 15.4 Å². The van der Waals surface area contributed by atoms with E-state index in [0.29, 0.717) is 34.1 Å². The van der Waals surface area contributed by atoms with Crippen LogP contribution in [0.25, 0.3) is 22.6 Å². The molecule has 170 valence electrons. The average molecular weight is 475 g/mol. The zero-order valence-corrected chi connectivity index (χ0v) is 18.5. The highest BCUT2D eigenvalue weighted by molar-refractivity contribution is 7.90. The van der Waals surface area contributed by atoms with Crippen molar-refractivity contribution < 1.29 is 17.9 Å². The summed E-state index contributed by atoms with van der Waals surface area (Å²) in [4.78, 5) is 30.8. The van der Waals surface area contributed by atoms with Crippen LogP contribution in [0.2, 0.25) is 0 Å². The molecule has 0 saturated heterocycles. The van der Waals surface area contributed by atoms with Crippen LogP contribution in [-0.2, 0) is 9.84 Å². The van der Waals surface area contributed by atoms with Gasteiger partial charge in [0.15, 0.2) is 32.2 Å². The third kappa shape index (κ3) is 4.36. The van der Waals surface area contributed by atoms with Gasteiger partial charge in [-0.25, -0.2) is 18.4 Å². The van der Waals surface area contributed by atoms with Gasteiger partial charge in [0, 0.05) is 30.8 Å². The molecule has 5 rings (SSSR count). The molecule has 0 atom stereocenters. The summed E-state index contributed by atoms with van der Waals surface area (Å²) in [6, 6.07) is 14.8. The maximum Gasteiger partial charge on any atom is 0.290 e. The van der Waals surface area contributed by atoms with Gasteiger partial charge in [-0.15, -0.1) is 0 Å². The van der Waals surface area contributed by atoms with Crippen LogP contribution in [0.3, 0.4) is 0 Å². The fourth-order valence-corrected chi connectivity index (χ4v) is 3.77. The number of aromatic amines is 2. The molecule has 0 spiro atoms. The van der Waals surface area contributed by atoms with E-state index in [0.717, 1.165) is 6.26 Å². The largest absolute Gasteiger partial charge is 0.456 e. The van der Waals surface area contributed by atoms with Crippen LogP contribution < -0.4 is 15.0 Å².